The maximum atomic E-state index is 4.70. The minimum absolute atomic E-state index is 1.06. The van der Waals surface area contributed by atoms with Crippen molar-refractivity contribution in [2.24, 2.45) is 0 Å². The molecular formula is C17H24N4. The lowest BCUT2D eigenvalue weighted by Gasteiger charge is -2.25. The molecule has 4 heteroatoms. The van der Waals surface area contributed by atoms with Crippen LogP contribution in [-0.4, -0.2) is 45.3 Å². The molecule has 3 rings (SSSR count). The summed E-state index contributed by atoms with van der Waals surface area (Å²) in [5.74, 6) is 1.06. The van der Waals surface area contributed by atoms with Gasteiger partial charge in [0, 0.05) is 55.9 Å². The molecule has 1 aliphatic heterocycles. The van der Waals surface area contributed by atoms with Crippen LogP contribution in [0.15, 0.2) is 24.3 Å². The van der Waals surface area contributed by atoms with Crippen LogP contribution in [0.4, 0.5) is 11.5 Å². The van der Waals surface area contributed by atoms with E-state index in [0.717, 1.165) is 37.7 Å². The van der Waals surface area contributed by atoms with Crippen LogP contribution < -0.4 is 15.1 Å². The van der Waals surface area contributed by atoms with E-state index >= 15 is 0 Å². The molecule has 1 aliphatic rings. The second-order valence-corrected chi connectivity index (χ2v) is 5.94. The van der Waals surface area contributed by atoms with Crippen LogP contribution in [0.5, 0.6) is 0 Å². The normalized spacial score (nSPS) is 16.0. The number of pyridine rings is 1. The Bertz CT molecular complexity index is 628. The summed E-state index contributed by atoms with van der Waals surface area (Å²) in [4.78, 5) is 9.30. The molecular weight excluding hydrogens is 260 g/mol. The van der Waals surface area contributed by atoms with Crippen LogP contribution in [0.1, 0.15) is 12.1 Å². The SMILES string of the molecule is Cc1cc2c(N3CCCNCC3)cccc2c(N(C)C)n1. The van der Waals surface area contributed by atoms with Crippen molar-refractivity contribution in [1.29, 1.82) is 0 Å². The number of aryl methyl sites for hydroxylation is 1. The lowest BCUT2D eigenvalue weighted by molar-refractivity contribution is 0.724. The summed E-state index contributed by atoms with van der Waals surface area (Å²) in [6, 6.07) is 8.79. The second kappa shape index (κ2) is 5.90. The number of nitrogens with zero attached hydrogens (tertiary/aromatic N) is 3. The number of hydrogen-bond donors (Lipinski definition) is 1. The molecule has 0 aliphatic carbocycles. The number of nitrogens with one attached hydrogen (secondary N) is 1. The third-order valence-corrected chi connectivity index (χ3v) is 4.06. The first kappa shape index (κ1) is 14.1. The Kier molecular flexibility index (Phi) is 3.97. The van der Waals surface area contributed by atoms with Crippen molar-refractivity contribution < 1.29 is 0 Å². The molecule has 2 aromatic rings. The molecule has 1 N–H and O–H groups in total. The van der Waals surface area contributed by atoms with Crippen LogP contribution in [0.25, 0.3) is 10.8 Å². The first-order chi connectivity index (χ1) is 10.2. The van der Waals surface area contributed by atoms with Gasteiger partial charge < -0.3 is 15.1 Å². The van der Waals surface area contributed by atoms with E-state index in [1.165, 1.54) is 22.9 Å². The molecule has 1 saturated heterocycles. The molecule has 1 aromatic heterocycles. The van der Waals surface area contributed by atoms with Gasteiger partial charge in [-0.1, -0.05) is 12.1 Å². The van der Waals surface area contributed by atoms with Crippen LogP contribution in [0, 0.1) is 6.92 Å². The van der Waals surface area contributed by atoms with E-state index in [-0.39, 0.29) is 0 Å². The molecule has 0 atom stereocenters. The van der Waals surface area contributed by atoms with E-state index in [1.807, 2.05) is 0 Å². The Balaban J connectivity index is 2.14. The van der Waals surface area contributed by atoms with Gasteiger partial charge in [-0.25, -0.2) is 4.98 Å². The topological polar surface area (TPSA) is 31.4 Å². The Labute approximate surface area is 126 Å². The van der Waals surface area contributed by atoms with Gasteiger partial charge in [-0.2, -0.15) is 0 Å². The fourth-order valence-electron chi connectivity index (χ4n) is 3.07. The fraction of sp³-hybridized carbons (Fsp3) is 0.471. The van der Waals surface area contributed by atoms with Gasteiger partial charge in [-0.05, 0) is 32.0 Å². The minimum atomic E-state index is 1.06. The van der Waals surface area contributed by atoms with Crippen molar-refractivity contribution >= 4 is 22.3 Å². The van der Waals surface area contributed by atoms with Gasteiger partial charge in [0.15, 0.2) is 0 Å². The molecule has 21 heavy (non-hydrogen) atoms. The van der Waals surface area contributed by atoms with E-state index in [4.69, 9.17) is 4.98 Å². The maximum absolute atomic E-state index is 4.70. The first-order valence-corrected chi connectivity index (χ1v) is 7.70. The quantitative estimate of drug-likeness (QED) is 0.917. The van der Waals surface area contributed by atoms with Crippen LogP contribution in [0.2, 0.25) is 0 Å². The van der Waals surface area contributed by atoms with Crippen molar-refractivity contribution in [3.05, 3.63) is 30.0 Å². The number of rotatable bonds is 2. The number of benzene rings is 1. The zero-order valence-corrected chi connectivity index (χ0v) is 13.2. The molecule has 0 spiro atoms. The lowest BCUT2D eigenvalue weighted by atomic mass is 10.1. The standard InChI is InChI=1S/C17H24N4/c1-13-12-15-14(17(19-13)20(2)3)6-4-7-16(15)21-10-5-8-18-9-11-21/h4,6-7,12,18H,5,8-11H2,1-3H3. The predicted octanol–water partition coefficient (Wildman–Crippen LogP) is 2.41. The highest BCUT2D eigenvalue weighted by atomic mass is 15.2. The van der Waals surface area contributed by atoms with Crippen LogP contribution >= 0.6 is 0 Å². The van der Waals surface area contributed by atoms with Crippen LogP contribution in [0.3, 0.4) is 0 Å². The van der Waals surface area contributed by atoms with Crippen molar-refractivity contribution in [3.63, 3.8) is 0 Å². The highest BCUT2D eigenvalue weighted by molar-refractivity contribution is 6.00. The summed E-state index contributed by atoms with van der Waals surface area (Å²) in [7, 11) is 4.12. The molecule has 0 radical (unpaired) electrons. The molecule has 0 amide bonds. The van der Waals surface area contributed by atoms with E-state index in [0.29, 0.717) is 0 Å². The summed E-state index contributed by atoms with van der Waals surface area (Å²) >= 11 is 0. The summed E-state index contributed by atoms with van der Waals surface area (Å²) < 4.78 is 0. The van der Waals surface area contributed by atoms with E-state index in [1.54, 1.807) is 0 Å². The first-order valence-electron chi connectivity index (χ1n) is 7.70. The molecule has 0 unspecified atom stereocenters. The smallest absolute Gasteiger partial charge is 0.136 e. The number of anilines is 2. The third-order valence-electron chi connectivity index (χ3n) is 4.06. The van der Waals surface area contributed by atoms with Gasteiger partial charge in [-0.3, -0.25) is 0 Å². The fourth-order valence-corrected chi connectivity index (χ4v) is 3.07. The summed E-state index contributed by atoms with van der Waals surface area (Å²) in [6.07, 6.45) is 1.20. The molecule has 0 bridgehead atoms. The zero-order valence-electron chi connectivity index (χ0n) is 13.2. The van der Waals surface area contributed by atoms with E-state index in [2.05, 4.69) is 60.4 Å². The second-order valence-electron chi connectivity index (χ2n) is 5.94. The molecule has 4 nitrogen and oxygen atoms in total. The predicted molar refractivity (Wildman–Crippen MR) is 90.5 cm³/mol. The van der Waals surface area contributed by atoms with Gasteiger partial charge in [0.25, 0.3) is 0 Å². The van der Waals surface area contributed by atoms with Gasteiger partial charge in [0.05, 0.1) is 0 Å². The number of aromatic nitrogens is 1. The molecule has 1 aromatic carbocycles. The largest absolute Gasteiger partial charge is 0.370 e. The Hall–Kier alpha value is -1.81. The average Bonchev–Trinajstić information content (AvgIpc) is 2.74. The average molecular weight is 284 g/mol. The maximum Gasteiger partial charge on any atom is 0.136 e. The minimum Gasteiger partial charge on any atom is -0.370 e. The highest BCUT2D eigenvalue weighted by Gasteiger charge is 2.15. The Morgan fingerprint density at radius 3 is 2.81 bits per heavy atom. The van der Waals surface area contributed by atoms with Gasteiger partial charge in [0.2, 0.25) is 0 Å². The van der Waals surface area contributed by atoms with E-state index < -0.39 is 0 Å². The lowest BCUT2D eigenvalue weighted by Crippen LogP contribution is -2.28. The summed E-state index contributed by atoms with van der Waals surface area (Å²) in [5.41, 5.74) is 2.41. The highest BCUT2D eigenvalue weighted by Crippen LogP contribution is 2.32. The molecule has 0 saturated carbocycles. The summed E-state index contributed by atoms with van der Waals surface area (Å²) in [6.45, 7) is 6.43. The number of fused-ring (bicyclic) bond motifs is 1. The zero-order chi connectivity index (χ0) is 14.8. The van der Waals surface area contributed by atoms with Crippen molar-refractivity contribution in [2.75, 3.05) is 50.1 Å². The Morgan fingerprint density at radius 1 is 1.14 bits per heavy atom. The monoisotopic (exact) mass is 284 g/mol. The Morgan fingerprint density at radius 2 is 2.00 bits per heavy atom. The molecule has 112 valence electrons. The molecule has 1 fully saturated rings. The number of hydrogen-bond acceptors (Lipinski definition) is 4. The van der Waals surface area contributed by atoms with E-state index in [9.17, 15) is 0 Å². The van der Waals surface area contributed by atoms with Crippen molar-refractivity contribution in [1.82, 2.24) is 10.3 Å². The van der Waals surface area contributed by atoms with Gasteiger partial charge in [0.1, 0.15) is 5.82 Å². The van der Waals surface area contributed by atoms with Crippen molar-refractivity contribution in [2.45, 2.75) is 13.3 Å². The van der Waals surface area contributed by atoms with Crippen molar-refractivity contribution in [3.8, 4) is 0 Å². The molecule has 2 heterocycles. The summed E-state index contributed by atoms with van der Waals surface area (Å²) in [5, 5.41) is 6.03. The van der Waals surface area contributed by atoms with Gasteiger partial charge >= 0.3 is 0 Å². The van der Waals surface area contributed by atoms with Crippen LogP contribution in [-0.2, 0) is 0 Å². The van der Waals surface area contributed by atoms with Gasteiger partial charge in [-0.15, -0.1) is 0 Å². The third kappa shape index (κ3) is 2.81.